The Morgan fingerprint density at radius 1 is 1.44 bits per heavy atom. The summed E-state index contributed by atoms with van der Waals surface area (Å²) in [4.78, 5) is 0.957. The van der Waals surface area contributed by atoms with Crippen molar-refractivity contribution in [2.45, 2.75) is 32.4 Å². The van der Waals surface area contributed by atoms with Gasteiger partial charge in [-0.2, -0.15) is 0 Å². The number of benzene rings is 1. The van der Waals surface area contributed by atoms with Crippen LogP contribution in [0.15, 0.2) is 24.3 Å². The fourth-order valence-corrected chi connectivity index (χ4v) is 2.20. The van der Waals surface area contributed by atoms with Gasteiger partial charge in [0.1, 0.15) is 0 Å². The van der Waals surface area contributed by atoms with Crippen LogP contribution in [0.5, 0.6) is 0 Å². The van der Waals surface area contributed by atoms with Crippen molar-refractivity contribution in [3.63, 3.8) is 0 Å². The van der Waals surface area contributed by atoms with Crippen molar-refractivity contribution in [3.8, 4) is 0 Å². The molecule has 0 aromatic heterocycles. The Labute approximate surface area is 102 Å². The molecule has 1 saturated heterocycles. The van der Waals surface area contributed by atoms with Gasteiger partial charge in [-0.3, -0.25) is 0 Å². The molecule has 1 aromatic rings. The molecule has 2 N–H and O–H groups in total. The molecule has 86 valence electrons. The maximum Gasteiger partial charge on any atom is 0.0928 e. The second-order valence-electron chi connectivity index (χ2n) is 4.35. The molecule has 1 aliphatic heterocycles. The van der Waals surface area contributed by atoms with Crippen LogP contribution in [0, 0.1) is 6.92 Å². The van der Waals surface area contributed by atoms with Crippen molar-refractivity contribution in [2.24, 2.45) is 0 Å². The highest BCUT2D eigenvalue weighted by Crippen LogP contribution is 2.07. The van der Waals surface area contributed by atoms with Gasteiger partial charge in [0.15, 0.2) is 0 Å². The van der Waals surface area contributed by atoms with Crippen molar-refractivity contribution in [1.29, 1.82) is 0 Å². The third-order valence-corrected chi connectivity index (χ3v) is 3.39. The van der Waals surface area contributed by atoms with Crippen molar-refractivity contribution in [1.82, 2.24) is 10.6 Å². The average Bonchev–Trinajstić information content (AvgIpc) is 2.81. The smallest absolute Gasteiger partial charge is 0.0928 e. The van der Waals surface area contributed by atoms with Crippen molar-refractivity contribution >= 4 is 17.2 Å². The monoisotopic (exact) mass is 234 g/mol. The predicted molar refractivity (Wildman–Crippen MR) is 71.6 cm³/mol. The summed E-state index contributed by atoms with van der Waals surface area (Å²) in [6, 6.07) is 8.95. The van der Waals surface area contributed by atoms with E-state index in [9.17, 15) is 0 Å². The lowest BCUT2D eigenvalue weighted by Gasteiger charge is -2.14. The number of hydrogen-bond donors (Lipinski definition) is 2. The molecule has 0 amide bonds. The molecule has 2 rings (SSSR count). The fraction of sp³-hybridized carbons (Fsp3) is 0.462. The largest absolute Gasteiger partial charge is 0.374 e. The van der Waals surface area contributed by atoms with Gasteiger partial charge in [-0.1, -0.05) is 42.0 Å². The van der Waals surface area contributed by atoms with E-state index in [-0.39, 0.29) is 0 Å². The van der Waals surface area contributed by atoms with Crippen molar-refractivity contribution in [3.05, 3.63) is 35.4 Å². The number of nitrogens with one attached hydrogen (secondary N) is 2. The summed E-state index contributed by atoms with van der Waals surface area (Å²) in [7, 11) is 0. The SMILES string of the molecule is Cc1ccc(CNC(=S)C2CCCN2)cc1. The highest BCUT2D eigenvalue weighted by molar-refractivity contribution is 7.80. The van der Waals surface area contributed by atoms with E-state index < -0.39 is 0 Å². The van der Waals surface area contributed by atoms with Gasteiger partial charge in [0, 0.05) is 6.54 Å². The molecule has 0 saturated carbocycles. The van der Waals surface area contributed by atoms with E-state index in [0.717, 1.165) is 18.1 Å². The Balaban J connectivity index is 1.82. The van der Waals surface area contributed by atoms with Crippen LogP contribution in [0.3, 0.4) is 0 Å². The molecule has 0 spiro atoms. The average molecular weight is 234 g/mol. The fourth-order valence-electron chi connectivity index (χ4n) is 1.93. The van der Waals surface area contributed by atoms with Crippen LogP contribution in [0.2, 0.25) is 0 Å². The molecule has 1 unspecified atom stereocenters. The Kier molecular flexibility index (Phi) is 3.91. The topological polar surface area (TPSA) is 24.1 Å². The molecule has 1 atom stereocenters. The van der Waals surface area contributed by atoms with E-state index in [1.54, 1.807) is 0 Å². The number of thiocarbonyl (C=S) groups is 1. The highest BCUT2D eigenvalue weighted by atomic mass is 32.1. The molecule has 2 nitrogen and oxygen atoms in total. The Hall–Kier alpha value is -0.930. The molecule has 16 heavy (non-hydrogen) atoms. The molecule has 1 fully saturated rings. The van der Waals surface area contributed by atoms with Crippen LogP contribution in [-0.4, -0.2) is 17.6 Å². The Bertz CT molecular complexity index is 353. The zero-order valence-electron chi connectivity index (χ0n) is 9.62. The van der Waals surface area contributed by atoms with Crippen LogP contribution in [-0.2, 0) is 6.54 Å². The van der Waals surface area contributed by atoms with Gasteiger partial charge < -0.3 is 10.6 Å². The van der Waals surface area contributed by atoms with Gasteiger partial charge in [-0.05, 0) is 31.9 Å². The van der Waals surface area contributed by atoms with Gasteiger partial charge in [-0.15, -0.1) is 0 Å². The number of aryl methyl sites for hydroxylation is 1. The molecule has 0 bridgehead atoms. The van der Waals surface area contributed by atoms with Gasteiger partial charge in [-0.25, -0.2) is 0 Å². The van der Waals surface area contributed by atoms with Gasteiger partial charge >= 0.3 is 0 Å². The summed E-state index contributed by atoms with van der Waals surface area (Å²) in [5.41, 5.74) is 2.58. The summed E-state index contributed by atoms with van der Waals surface area (Å²) >= 11 is 5.37. The first kappa shape index (κ1) is 11.6. The summed E-state index contributed by atoms with van der Waals surface area (Å²) in [6.45, 7) is 4.03. The molecule has 0 aliphatic carbocycles. The van der Waals surface area contributed by atoms with Crippen LogP contribution in [0.4, 0.5) is 0 Å². The zero-order valence-corrected chi connectivity index (χ0v) is 10.4. The third kappa shape index (κ3) is 3.03. The van der Waals surface area contributed by atoms with Gasteiger partial charge in [0.05, 0.1) is 11.0 Å². The lowest BCUT2D eigenvalue weighted by Crippen LogP contribution is -2.38. The van der Waals surface area contributed by atoms with Gasteiger partial charge in [0.2, 0.25) is 0 Å². The van der Waals surface area contributed by atoms with E-state index in [4.69, 9.17) is 12.2 Å². The van der Waals surface area contributed by atoms with Crippen LogP contribution in [0.25, 0.3) is 0 Å². The zero-order chi connectivity index (χ0) is 11.4. The maximum absolute atomic E-state index is 5.37. The standard InChI is InChI=1S/C13H18N2S/c1-10-4-6-11(7-5-10)9-15-13(16)12-3-2-8-14-12/h4-7,12,14H,2-3,8-9H2,1H3,(H,15,16). The second-order valence-corrected chi connectivity index (χ2v) is 4.79. The van der Waals surface area contributed by atoms with E-state index >= 15 is 0 Å². The molecule has 3 heteroatoms. The normalized spacial score (nSPS) is 19.7. The van der Waals surface area contributed by atoms with E-state index in [1.807, 2.05) is 0 Å². The molecule has 1 heterocycles. The van der Waals surface area contributed by atoms with E-state index in [1.165, 1.54) is 24.0 Å². The van der Waals surface area contributed by atoms with Crippen LogP contribution < -0.4 is 10.6 Å². The van der Waals surface area contributed by atoms with E-state index in [0.29, 0.717) is 6.04 Å². The minimum Gasteiger partial charge on any atom is -0.374 e. The lowest BCUT2D eigenvalue weighted by atomic mass is 10.1. The number of hydrogen-bond acceptors (Lipinski definition) is 2. The molecule has 1 aliphatic rings. The lowest BCUT2D eigenvalue weighted by molar-refractivity contribution is 0.734. The second kappa shape index (κ2) is 5.41. The van der Waals surface area contributed by atoms with Crippen LogP contribution >= 0.6 is 12.2 Å². The quantitative estimate of drug-likeness (QED) is 0.784. The van der Waals surface area contributed by atoms with Crippen molar-refractivity contribution < 1.29 is 0 Å². The van der Waals surface area contributed by atoms with Crippen LogP contribution in [0.1, 0.15) is 24.0 Å². The molecule has 0 radical (unpaired) electrons. The Morgan fingerprint density at radius 3 is 2.81 bits per heavy atom. The molecule has 1 aromatic carbocycles. The summed E-state index contributed by atoms with van der Waals surface area (Å²) < 4.78 is 0. The summed E-state index contributed by atoms with van der Waals surface area (Å²) in [6.07, 6.45) is 2.40. The first-order chi connectivity index (χ1) is 7.75. The predicted octanol–water partition coefficient (Wildman–Crippen LogP) is 2.16. The minimum atomic E-state index is 0.389. The van der Waals surface area contributed by atoms with Crippen molar-refractivity contribution in [2.75, 3.05) is 6.54 Å². The molecular weight excluding hydrogens is 216 g/mol. The third-order valence-electron chi connectivity index (χ3n) is 2.96. The first-order valence-electron chi connectivity index (χ1n) is 5.82. The minimum absolute atomic E-state index is 0.389. The van der Waals surface area contributed by atoms with Gasteiger partial charge in [0.25, 0.3) is 0 Å². The molecular formula is C13H18N2S. The maximum atomic E-state index is 5.37. The summed E-state index contributed by atoms with van der Waals surface area (Å²) in [5, 5.41) is 6.73. The highest BCUT2D eigenvalue weighted by Gasteiger charge is 2.17. The Morgan fingerprint density at radius 2 is 2.19 bits per heavy atom. The number of rotatable bonds is 3. The summed E-state index contributed by atoms with van der Waals surface area (Å²) in [5.74, 6) is 0. The van der Waals surface area contributed by atoms with E-state index in [2.05, 4.69) is 41.8 Å². The first-order valence-corrected chi connectivity index (χ1v) is 6.23.